The van der Waals surface area contributed by atoms with Gasteiger partial charge in [0.15, 0.2) is 0 Å². The summed E-state index contributed by atoms with van der Waals surface area (Å²) in [5, 5.41) is 3.00. The Morgan fingerprint density at radius 3 is 2.31 bits per heavy atom. The molecule has 0 bridgehead atoms. The van der Waals surface area contributed by atoms with Crippen LogP contribution in [0, 0.1) is 30.4 Å². The van der Waals surface area contributed by atoms with E-state index in [0.717, 1.165) is 17.2 Å². The molecule has 4 nitrogen and oxygen atoms in total. The first-order valence-corrected chi connectivity index (χ1v) is 7.99. The second-order valence-corrected chi connectivity index (χ2v) is 6.08. The molecule has 0 radical (unpaired) electrons. The topological polar surface area (TPSA) is 51.4 Å². The minimum absolute atomic E-state index is 0.0481. The molecule has 0 saturated carbocycles. The molecule has 26 heavy (non-hydrogen) atoms. The SMILES string of the molecule is Cc1cccc(C)c1-n1cc(C(N=O)c2ccc(F)cc2F)ccc1=O. The third-order valence-corrected chi connectivity index (χ3v) is 4.29. The van der Waals surface area contributed by atoms with Crippen LogP contribution < -0.4 is 5.56 Å². The minimum Gasteiger partial charge on any atom is -0.283 e. The molecule has 1 aromatic heterocycles. The number of hydrogen-bond donors (Lipinski definition) is 0. The molecule has 1 unspecified atom stereocenters. The molecule has 1 heterocycles. The number of aromatic nitrogens is 1. The third-order valence-electron chi connectivity index (χ3n) is 4.29. The average molecular weight is 354 g/mol. The summed E-state index contributed by atoms with van der Waals surface area (Å²) in [5.41, 5.74) is 2.47. The number of aryl methyl sites for hydroxylation is 2. The lowest BCUT2D eigenvalue weighted by atomic mass is 10.00. The number of nitrogens with zero attached hydrogens (tertiary/aromatic N) is 2. The van der Waals surface area contributed by atoms with Crippen molar-refractivity contribution in [2.45, 2.75) is 19.9 Å². The Balaban J connectivity index is 2.17. The van der Waals surface area contributed by atoms with Crippen molar-refractivity contribution in [1.82, 2.24) is 4.57 Å². The highest BCUT2D eigenvalue weighted by Crippen LogP contribution is 2.29. The van der Waals surface area contributed by atoms with Gasteiger partial charge in [0.05, 0.1) is 5.69 Å². The van der Waals surface area contributed by atoms with Crippen LogP contribution in [-0.2, 0) is 0 Å². The first kappa shape index (κ1) is 17.7. The molecule has 0 spiro atoms. The zero-order chi connectivity index (χ0) is 18.8. The lowest BCUT2D eigenvalue weighted by Gasteiger charge is -2.16. The van der Waals surface area contributed by atoms with Gasteiger partial charge in [-0.05, 0) is 37.1 Å². The summed E-state index contributed by atoms with van der Waals surface area (Å²) < 4.78 is 28.7. The molecule has 0 aliphatic rings. The van der Waals surface area contributed by atoms with Gasteiger partial charge in [0.25, 0.3) is 5.56 Å². The van der Waals surface area contributed by atoms with Crippen molar-refractivity contribution in [3.63, 3.8) is 0 Å². The molecular weight excluding hydrogens is 338 g/mol. The Hall–Kier alpha value is -3.15. The third kappa shape index (κ3) is 3.18. The number of nitroso groups, excluding NO2 is 1. The Morgan fingerprint density at radius 1 is 1.00 bits per heavy atom. The number of benzene rings is 2. The molecular formula is C20H16F2N2O2. The normalized spacial score (nSPS) is 12.0. The van der Waals surface area contributed by atoms with Gasteiger partial charge in [-0.25, -0.2) is 8.78 Å². The highest BCUT2D eigenvalue weighted by Gasteiger charge is 2.21. The second-order valence-electron chi connectivity index (χ2n) is 6.08. The standard InChI is InChI=1S/C20H16F2N2O2/c1-12-4-3-5-13(2)20(12)24-11-14(6-9-18(24)25)19(23-26)16-8-7-15(21)10-17(16)22/h3-11,19H,1-2H3. The van der Waals surface area contributed by atoms with Crippen LogP contribution in [0.5, 0.6) is 0 Å². The summed E-state index contributed by atoms with van der Waals surface area (Å²) in [6.07, 6.45) is 1.48. The van der Waals surface area contributed by atoms with Crippen molar-refractivity contribution in [1.29, 1.82) is 0 Å². The summed E-state index contributed by atoms with van der Waals surface area (Å²) in [6.45, 7) is 3.74. The quantitative estimate of drug-likeness (QED) is 0.644. The van der Waals surface area contributed by atoms with Crippen molar-refractivity contribution < 1.29 is 8.78 Å². The van der Waals surface area contributed by atoms with Crippen LogP contribution in [0.1, 0.15) is 28.3 Å². The van der Waals surface area contributed by atoms with Gasteiger partial charge in [0, 0.05) is 29.5 Å². The number of rotatable bonds is 4. The average Bonchev–Trinajstić information content (AvgIpc) is 2.59. The Morgan fingerprint density at radius 2 is 1.69 bits per heavy atom. The van der Waals surface area contributed by atoms with E-state index in [2.05, 4.69) is 5.18 Å². The number of halogens is 2. The summed E-state index contributed by atoms with van der Waals surface area (Å²) in [7, 11) is 0. The fourth-order valence-corrected chi connectivity index (χ4v) is 3.05. The van der Waals surface area contributed by atoms with Crippen molar-refractivity contribution in [2.75, 3.05) is 0 Å². The maximum absolute atomic E-state index is 14.1. The summed E-state index contributed by atoms with van der Waals surface area (Å²) >= 11 is 0. The van der Waals surface area contributed by atoms with Crippen LogP contribution >= 0.6 is 0 Å². The Kier molecular flexibility index (Phi) is 4.75. The predicted molar refractivity (Wildman–Crippen MR) is 95.5 cm³/mol. The minimum atomic E-state index is -1.19. The maximum atomic E-state index is 14.1. The zero-order valence-corrected chi connectivity index (χ0v) is 14.2. The molecule has 0 aliphatic heterocycles. The summed E-state index contributed by atoms with van der Waals surface area (Å²) in [4.78, 5) is 23.8. The maximum Gasteiger partial charge on any atom is 0.255 e. The van der Waals surface area contributed by atoms with Crippen LogP contribution in [0.25, 0.3) is 5.69 Å². The van der Waals surface area contributed by atoms with Crippen LogP contribution in [0.4, 0.5) is 8.78 Å². The molecule has 3 rings (SSSR count). The van der Waals surface area contributed by atoms with Crippen LogP contribution in [0.15, 0.2) is 64.7 Å². The smallest absolute Gasteiger partial charge is 0.255 e. The van der Waals surface area contributed by atoms with Gasteiger partial charge in [-0.15, -0.1) is 4.91 Å². The first-order valence-electron chi connectivity index (χ1n) is 7.99. The van der Waals surface area contributed by atoms with E-state index in [1.165, 1.54) is 29.0 Å². The molecule has 0 fully saturated rings. The van der Waals surface area contributed by atoms with Crippen molar-refractivity contribution in [3.05, 3.63) is 104 Å². The molecule has 0 saturated heterocycles. The van der Waals surface area contributed by atoms with E-state index >= 15 is 0 Å². The molecule has 132 valence electrons. The molecule has 0 N–H and O–H groups in total. The van der Waals surface area contributed by atoms with Gasteiger partial charge in [-0.1, -0.05) is 29.4 Å². The lowest BCUT2D eigenvalue weighted by Crippen LogP contribution is -2.20. The van der Waals surface area contributed by atoms with Crippen LogP contribution in [0.3, 0.4) is 0 Å². The van der Waals surface area contributed by atoms with E-state index in [0.29, 0.717) is 17.3 Å². The van der Waals surface area contributed by atoms with Gasteiger partial charge in [-0.2, -0.15) is 0 Å². The largest absolute Gasteiger partial charge is 0.283 e. The summed E-state index contributed by atoms with van der Waals surface area (Å²) in [5.74, 6) is -1.60. The van der Waals surface area contributed by atoms with Gasteiger partial charge >= 0.3 is 0 Å². The van der Waals surface area contributed by atoms with E-state index in [1.54, 1.807) is 0 Å². The fourth-order valence-electron chi connectivity index (χ4n) is 3.05. The zero-order valence-electron chi connectivity index (χ0n) is 14.2. The first-order chi connectivity index (χ1) is 12.4. The van der Waals surface area contributed by atoms with Crippen LogP contribution in [0.2, 0.25) is 0 Å². The van der Waals surface area contributed by atoms with Crippen molar-refractivity contribution >= 4 is 0 Å². The van der Waals surface area contributed by atoms with Crippen molar-refractivity contribution in [3.8, 4) is 5.69 Å². The molecule has 3 aromatic rings. The van der Waals surface area contributed by atoms with E-state index in [9.17, 15) is 18.5 Å². The van der Waals surface area contributed by atoms with Crippen molar-refractivity contribution in [2.24, 2.45) is 5.18 Å². The van der Waals surface area contributed by atoms with E-state index in [-0.39, 0.29) is 11.1 Å². The van der Waals surface area contributed by atoms with Crippen LogP contribution in [-0.4, -0.2) is 4.57 Å². The number of para-hydroxylation sites is 1. The molecule has 6 heteroatoms. The van der Waals surface area contributed by atoms with Gasteiger partial charge in [0.1, 0.15) is 17.7 Å². The van der Waals surface area contributed by atoms with Gasteiger partial charge in [0.2, 0.25) is 0 Å². The fraction of sp³-hybridized carbons (Fsp3) is 0.150. The monoisotopic (exact) mass is 354 g/mol. The molecule has 0 aliphatic carbocycles. The highest BCUT2D eigenvalue weighted by atomic mass is 19.1. The van der Waals surface area contributed by atoms with E-state index < -0.39 is 17.7 Å². The van der Waals surface area contributed by atoms with E-state index in [4.69, 9.17) is 0 Å². The van der Waals surface area contributed by atoms with E-state index in [1.807, 2.05) is 32.0 Å². The molecule has 2 aromatic carbocycles. The second kappa shape index (κ2) is 7.00. The predicted octanol–water partition coefficient (Wildman–Crippen LogP) is 4.59. The lowest BCUT2D eigenvalue weighted by molar-refractivity contribution is 0.565. The van der Waals surface area contributed by atoms with Gasteiger partial charge < -0.3 is 0 Å². The summed E-state index contributed by atoms with van der Waals surface area (Å²) in [6, 6.07) is 10.1. The molecule has 0 amide bonds. The Bertz CT molecular complexity index is 1020. The number of pyridine rings is 1. The molecule has 1 atom stereocenters. The number of hydrogen-bond acceptors (Lipinski definition) is 3. The van der Waals surface area contributed by atoms with Gasteiger partial charge in [-0.3, -0.25) is 9.36 Å². The Labute approximate surface area is 148 Å². The highest BCUT2D eigenvalue weighted by molar-refractivity contribution is 5.48.